The van der Waals surface area contributed by atoms with Gasteiger partial charge in [0.05, 0.1) is 12.6 Å². The van der Waals surface area contributed by atoms with E-state index in [0.29, 0.717) is 19.4 Å². The van der Waals surface area contributed by atoms with E-state index in [1.807, 2.05) is 6.92 Å². The van der Waals surface area contributed by atoms with Crippen LogP contribution < -0.4 is 0 Å². The second-order valence-electron chi connectivity index (χ2n) is 5.77. The lowest BCUT2D eigenvalue weighted by Gasteiger charge is -2.34. The molecule has 0 aromatic carbocycles. The first kappa shape index (κ1) is 16.5. The van der Waals surface area contributed by atoms with Crippen molar-refractivity contribution in [2.75, 3.05) is 27.2 Å². The molecule has 0 heterocycles. The molecule has 112 valence electrons. The van der Waals surface area contributed by atoms with Crippen LogP contribution in [0.5, 0.6) is 0 Å². The molecule has 2 amide bonds. The lowest BCUT2D eigenvalue weighted by atomic mass is 9.74. The van der Waals surface area contributed by atoms with E-state index in [0.717, 1.165) is 25.7 Å². The average Bonchev–Trinajstić information content (AvgIpc) is 2.46. The molecule has 0 aliphatic heterocycles. The Morgan fingerprint density at radius 3 is 2.25 bits per heavy atom. The highest BCUT2D eigenvalue weighted by Gasteiger charge is 2.42. The van der Waals surface area contributed by atoms with Gasteiger partial charge < -0.3 is 9.80 Å². The van der Waals surface area contributed by atoms with E-state index >= 15 is 0 Å². The highest BCUT2D eigenvalue weighted by molar-refractivity contribution is 5.89. The van der Waals surface area contributed by atoms with E-state index in [1.165, 1.54) is 4.90 Å². The summed E-state index contributed by atoms with van der Waals surface area (Å²) in [5.74, 6) is -0.257. The predicted molar refractivity (Wildman–Crippen MR) is 76.7 cm³/mol. The van der Waals surface area contributed by atoms with Gasteiger partial charge in [0, 0.05) is 20.6 Å². The van der Waals surface area contributed by atoms with Gasteiger partial charge in [0.25, 0.3) is 0 Å². The number of amides is 2. The van der Waals surface area contributed by atoms with Crippen LogP contribution in [0.3, 0.4) is 0 Å². The van der Waals surface area contributed by atoms with Crippen LogP contribution in [0.15, 0.2) is 0 Å². The number of likely N-dealkylation sites (N-methyl/N-ethyl adjacent to an activating group) is 1. The lowest BCUT2D eigenvalue weighted by molar-refractivity contribution is -0.145. The van der Waals surface area contributed by atoms with E-state index in [2.05, 4.69) is 6.07 Å². The fraction of sp³-hybridized carbons (Fsp3) is 0.800. The number of hydrogen-bond acceptors (Lipinski definition) is 3. The van der Waals surface area contributed by atoms with Gasteiger partial charge >= 0.3 is 0 Å². The molecule has 1 saturated carbocycles. The molecule has 0 saturated heterocycles. The van der Waals surface area contributed by atoms with Gasteiger partial charge in [-0.3, -0.25) is 9.59 Å². The number of rotatable bonds is 5. The van der Waals surface area contributed by atoms with Crippen molar-refractivity contribution in [3.05, 3.63) is 0 Å². The molecule has 0 N–H and O–H groups in total. The summed E-state index contributed by atoms with van der Waals surface area (Å²) in [7, 11) is 3.36. The topological polar surface area (TPSA) is 64.4 Å². The zero-order chi connectivity index (χ0) is 15.2. The van der Waals surface area contributed by atoms with E-state index in [9.17, 15) is 14.9 Å². The molecule has 0 unspecified atom stereocenters. The number of carbonyl (C=O) groups excluding carboxylic acids is 2. The van der Waals surface area contributed by atoms with E-state index < -0.39 is 5.41 Å². The Labute approximate surface area is 121 Å². The summed E-state index contributed by atoms with van der Waals surface area (Å²) in [6, 6.07) is 2.24. The van der Waals surface area contributed by atoms with Gasteiger partial charge in [-0.15, -0.1) is 0 Å². The SMILES string of the molecule is CCCN(CC(=O)N(C)C)C(=O)C1(C#N)CCCCC1. The minimum atomic E-state index is -0.903. The standard InChI is InChI=1S/C15H25N3O2/c1-4-10-18(11-13(19)17(2)3)14(20)15(12-16)8-6-5-7-9-15/h4-11H2,1-3H3. The zero-order valence-electron chi connectivity index (χ0n) is 12.8. The van der Waals surface area contributed by atoms with Gasteiger partial charge in [0.2, 0.25) is 11.8 Å². The van der Waals surface area contributed by atoms with Gasteiger partial charge in [-0.25, -0.2) is 0 Å². The maximum Gasteiger partial charge on any atom is 0.243 e. The van der Waals surface area contributed by atoms with Crippen molar-refractivity contribution in [1.29, 1.82) is 5.26 Å². The first-order chi connectivity index (χ1) is 9.46. The molecule has 20 heavy (non-hydrogen) atoms. The van der Waals surface area contributed by atoms with E-state index in [4.69, 9.17) is 0 Å². The number of nitrogens with zero attached hydrogens (tertiary/aromatic N) is 3. The van der Waals surface area contributed by atoms with Crippen LogP contribution in [0.2, 0.25) is 0 Å². The molecular weight excluding hydrogens is 254 g/mol. The van der Waals surface area contributed by atoms with Gasteiger partial charge in [0.15, 0.2) is 0 Å². The maximum atomic E-state index is 12.7. The van der Waals surface area contributed by atoms with Crippen LogP contribution in [0, 0.1) is 16.7 Å². The van der Waals surface area contributed by atoms with Crippen molar-refractivity contribution in [3.8, 4) is 6.07 Å². The number of hydrogen-bond donors (Lipinski definition) is 0. The Kier molecular flexibility index (Phi) is 6.00. The Hall–Kier alpha value is -1.57. The second-order valence-corrected chi connectivity index (χ2v) is 5.77. The van der Waals surface area contributed by atoms with Gasteiger partial charge in [-0.05, 0) is 19.3 Å². The van der Waals surface area contributed by atoms with Crippen molar-refractivity contribution in [3.63, 3.8) is 0 Å². The van der Waals surface area contributed by atoms with Crippen LogP contribution >= 0.6 is 0 Å². The van der Waals surface area contributed by atoms with Crippen molar-refractivity contribution < 1.29 is 9.59 Å². The van der Waals surface area contributed by atoms with Crippen LogP contribution in [-0.4, -0.2) is 48.8 Å². The van der Waals surface area contributed by atoms with Crippen molar-refractivity contribution >= 4 is 11.8 Å². The molecule has 0 spiro atoms. The minimum Gasteiger partial charge on any atom is -0.347 e. The lowest BCUT2D eigenvalue weighted by Crippen LogP contribution is -2.48. The number of nitriles is 1. The molecule has 1 rings (SSSR count). The molecule has 0 aromatic heterocycles. The Morgan fingerprint density at radius 1 is 1.20 bits per heavy atom. The average molecular weight is 279 g/mol. The first-order valence-corrected chi connectivity index (χ1v) is 7.37. The maximum absolute atomic E-state index is 12.7. The molecule has 1 aliphatic carbocycles. The van der Waals surface area contributed by atoms with Crippen molar-refractivity contribution in [1.82, 2.24) is 9.80 Å². The summed E-state index contributed by atoms with van der Waals surface area (Å²) in [5.41, 5.74) is -0.903. The molecule has 5 nitrogen and oxygen atoms in total. The monoisotopic (exact) mass is 279 g/mol. The summed E-state index contributed by atoms with van der Waals surface area (Å²) in [6.45, 7) is 2.57. The Bertz CT molecular complexity index is 392. The second kappa shape index (κ2) is 7.28. The third-order valence-corrected chi connectivity index (χ3v) is 3.94. The third kappa shape index (κ3) is 3.72. The highest BCUT2D eigenvalue weighted by atomic mass is 16.2. The third-order valence-electron chi connectivity index (χ3n) is 3.94. The van der Waals surface area contributed by atoms with Crippen LogP contribution in [0.4, 0.5) is 0 Å². The minimum absolute atomic E-state index is 0.0725. The Balaban J connectivity index is 2.86. The predicted octanol–water partition coefficient (Wildman–Crippen LogP) is 1.79. The molecule has 5 heteroatoms. The molecule has 0 aromatic rings. The molecule has 0 bridgehead atoms. The number of carbonyl (C=O) groups is 2. The summed E-state index contributed by atoms with van der Waals surface area (Å²) >= 11 is 0. The summed E-state index contributed by atoms with van der Waals surface area (Å²) in [5, 5.41) is 9.48. The summed E-state index contributed by atoms with van der Waals surface area (Å²) < 4.78 is 0. The highest BCUT2D eigenvalue weighted by Crippen LogP contribution is 2.37. The van der Waals surface area contributed by atoms with Gasteiger partial charge in [-0.1, -0.05) is 26.2 Å². The fourth-order valence-corrected chi connectivity index (χ4v) is 2.66. The summed E-state index contributed by atoms with van der Waals surface area (Å²) in [4.78, 5) is 27.6. The molecular formula is C15H25N3O2. The molecule has 1 aliphatic rings. The summed E-state index contributed by atoms with van der Waals surface area (Å²) in [6.07, 6.45) is 4.95. The fourth-order valence-electron chi connectivity index (χ4n) is 2.66. The molecule has 0 atom stereocenters. The molecule has 1 fully saturated rings. The van der Waals surface area contributed by atoms with Crippen LogP contribution in [0.1, 0.15) is 45.4 Å². The molecule has 0 radical (unpaired) electrons. The van der Waals surface area contributed by atoms with Crippen LogP contribution in [0.25, 0.3) is 0 Å². The van der Waals surface area contributed by atoms with Gasteiger partial charge in [0.1, 0.15) is 5.41 Å². The normalized spacial score (nSPS) is 17.1. The zero-order valence-corrected chi connectivity index (χ0v) is 12.8. The largest absolute Gasteiger partial charge is 0.347 e. The first-order valence-electron chi connectivity index (χ1n) is 7.37. The smallest absolute Gasteiger partial charge is 0.243 e. The van der Waals surface area contributed by atoms with Crippen LogP contribution in [-0.2, 0) is 9.59 Å². The van der Waals surface area contributed by atoms with Gasteiger partial charge in [-0.2, -0.15) is 5.26 Å². The van der Waals surface area contributed by atoms with E-state index in [-0.39, 0.29) is 18.4 Å². The Morgan fingerprint density at radius 2 is 1.80 bits per heavy atom. The van der Waals surface area contributed by atoms with Crippen molar-refractivity contribution in [2.24, 2.45) is 5.41 Å². The van der Waals surface area contributed by atoms with E-state index in [1.54, 1.807) is 19.0 Å². The van der Waals surface area contributed by atoms with Crippen molar-refractivity contribution in [2.45, 2.75) is 45.4 Å². The quantitative estimate of drug-likeness (QED) is 0.770.